The third-order valence-electron chi connectivity index (χ3n) is 5.13. The second kappa shape index (κ2) is 6.67. The fourth-order valence-electron chi connectivity index (χ4n) is 3.79. The first-order valence-electron chi connectivity index (χ1n) is 8.86. The van der Waals surface area contributed by atoms with Crippen LogP contribution < -0.4 is 4.90 Å². The number of aromatic amines is 1. The molecule has 1 fully saturated rings. The van der Waals surface area contributed by atoms with E-state index in [4.69, 9.17) is 0 Å². The molecular weight excluding hydrogens is 310 g/mol. The Labute approximate surface area is 148 Å². The Morgan fingerprint density at radius 3 is 2.44 bits per heavy atom. The topological polar surface area (TPSA) is 57.7 Å². The van der Waals surface area contributed by atoms with Gasteiger partial charge in [-0.05, 0) is 32.3 Å². The number of H-pyrrole nitrogens is 1. The van der Waals surface area contributed by atoms with Crippen molar-refractivity contribution in [3.05, 3.63) is 60.1 Å². The van der Waals surface area contributed by atoms with Gasteiger partial charge in [0.05, 0.1) is 17.7 Å². The summed E-state index contributed by atoms with van der Waals surface area (Å²) in [7, 11) is 0. The molecule has 0 atom stereocenters. The summed E-state index contributed by atoms with van der Waals surface area (Å²) < 4.78 is 0. The Bertz CT molecular complexity index is 848. The van der Waals surface area contributed by atoms with Gasteiger partial charge in [-0.15, -0.1) is 0 Å². The number of aromatic nitrogens is 4. The zero-order valence-electron chi connectivity index (χ0n) is 14.7. The number of imidazole rings is 1. The molecule has 128 valence electrons. The first-order chi connectivity index (χ1) is 12.2. The lowest BCUT2D eigenvalue weighted by Crippen LogP contribution is -2.34. The van der Waals surface area contributed by atoms with Crippen molar-refractivity contribution in [2.45, 2.75) is 32.6 Å². The van der Waals surface area contributed by atoms with Crippen LogP contribution in [-0.4, -0.2) is 33.0 Å². The summed E-state index contributed by atoms with van der Waals surface area (Å²) in [4.78, 5) is 19.2. The molecular formula is C20H23N5. The van der Waals surface area contributed by atoms with Crippen molar-refractivity contribution >= 4 is 5.82 Å². The van der Waals surface area contributed by atoms with E-state index in [9.17, 15) is 0 Å². The van der Waals surface area contributed by atoms with E-state index < -0.39 is 0 Å². The number of rotatable bonds is 3. The number of piperidine rings is 1. The molecule has 2 aromatic heterocycles. The summed E-state index contributed by atoms with van der Waals surface area (Å²) >= 11 is 0. The summed E-state index contributed by atoms with van der Waals surface area (Å²) in [5.41, 5.74) is 5.78. The maximum Gasteiger partial charge on any atom is 0.140 e. The van der Waals surface area contributed by atoms with Gasteiger partial charge in [0.2, 0.25) is 0 Å². The van der Waals surface area contributed by atoms with Crippen molar-refractivity contribution in [3.8, 4) is 11.1 Å². The predicted octanol–water partition coefficient (Wildman–Crippen LogP) is 3.87. The van der Waals surface area contributed by atoms with Crippen molar-refractivity contribution in [2.75, 3.05) is 18.0 Å². The smallest absolute Gasteiger partial charge is 0.140 e. The summed E-state index contributed by atoms with van der Waals surface area (Å²) in [6.45, 7) is 6.16. The van der Waals surface area contributed by atoms with Crippen molar-refractivity contribution in [2.24, 2.45) is 0 Å². The summed E-state index contributed by atoms with van der Waals surface area (Å²) in [6.07, 6.45) is 5.69. The second-order valence-electron chi connectivity index (χ2n) is 6.70. The second-order valence-corrected chi connectivity index (χ2v) is 6.70. The normalized spacial score (nSPS) is 15.5. The molecule has 0 spiro atoms. The van der Waals surface area contributed by atoms with Crippen LogP contribution in [0.1, 0.15) is 35.8 Å². The summed E-state index contributed by atoms with van der Waals surface area (Å²) in [5.74, 6) is 1.58. The minimum absolute atomic E-state index is 0.533. The van der Waals surface area contributed by atoms with Crippen molar-refractivity contribution < 1.29 is 0 Å². The van der Waals surface area contributed by atoms with E-state index >= 15 is 0 Å². The zero-order valence-corrected chi connectivity index (χ0v) is 14.7. The average Bonchev–Trinajstić information content (AvgIpc) is 3.08. The van der Waals surface area contributed by atoms with Crippen LogP contribution in [-0.2, 0) is 0 Å². The molecule has 0 amide bonds. The van der Waals surface area contributed by atoms with E-state index in [0.717, 1.165) is 43.0 Å². The van der Waals surface area contributed by atoms with Crippen molar-refractivity contribution in [1.82, 2.24) is 19.9 Å². The lowest BCUT2D eigenvalue weighted by Gasteiger charge is -2.33. The van der Waals surface area contributed by atoms with E-state index in [1.165, 1.54) is 17.0 Å². The van der Waals surface area contributed by atoms with Crippen LogP contribution in [0, 0.1) is 13.8 Å². The number of hydrogen-bond donors (Lipinski definition) is 1. The highest BCUT2D eigenvalue weighted by Crippen LogP contribution is 2.35. The van der Waals surface area contributed by atoms with Gasteiger partial charge in [-0.2, -0.15) is 0 Å². The maximum absolute atomic E-state index is 4.64. The van der Waals surface area contributed by atoms with Gasteiger partial charge in [-0.1, -0.05) is 30.3 Å². The highest BCUT2D eigenvalue weighted by Gasteiger charge is 2.26. The Hall–Kier alpha value is -2.69. The van der Waals surface area contributed by atoms with Gasteiger partial charge in [0, 0.05) is 30.3 Å². The molecule has 0 saturated carbocycles. The molecule has 4 rings (SSSR count). The van der Waals surface area contributed by atoms with Crippen LogP contribution in [0.4, 0.5) is 5.82 Å². The molecule has 1 aliphatic rings. The highest BCUT2D eigenvalue weighted by atomic mass is 15.2. The van der Waals surface area contributed by atoms with E-state index in [2.05, 4.69) is 62.9 Å². The van der Waals surface area contributed by atoms with Gasteiger partial charge in [0.15, 0.2) is 0 Å². The van der Waals surface area contributed by atoms with E-state index in [1.807, 2.05) is 6.07 Å². The monoisotopic (exact) mass is 333 g/mol. The Morgan fingerprint density at radius 1 is 1.00 bits per heavy atom. The molecule has 0 unspecified atom stereocenters. The zero-order chi connectivity index (χ0) is 17.2. The molecule has 3 heterocycles. The first kappa shape index (κ1) is 15.8. The number of benzene rings is 1. The van der Waals surface area contributed by atoms with Crippen molar-refractivity contribution in [1.29, 1.82) is 0 Å². The molecule has 5 heteroatoms. The van der Waals surface area contributed by atoms with Crippen LogP contribution in [0.25, 0.3) is 11.1 Å². The maximum atomic E-state index is 4.64. The lowest BCUT2D eigenvalue weighted by molar-refractivity contribution is 0.493. The molecule has 0 aliphatic carbocycles. The van der Waals surface area contributed by atoms with Crippen molar-refractivity contribution in [3.63, 3.8) is 0 Å². The predicted molar refractivity (Wildman–Crippen MR) is 99.7 cm³/mol. The Balaban J connectivity index is 1.60. The summed E-state index contributed by atoms with van der Waals surface area (Å²) in [5, 5.41) is 0. The number of aryl methyl sites for hydroxylation is 2. The fourth-order valence-corrected chi connectivity index (χ4v) is 3.79. The molecule has 5 nitrogen and oxygen atoms in total. The third-order valence-corrected chi connectivity index (χ3v) is 5.13. The van der Waals surface area contributed by atoms with Gasteiger partial charge in [-0.3, -0.25) is 0 Å². The largest absolute Gasteiger partial charge is 0.356 e. The molecule has 0 bridgehead atoms. The molecule has 25 heavy (non-hydrogen) atoms. The fraction of sp³-hybridized carbons (Fsp3) is 0.350. The molecule has 1 aromatic carbocycles. The molecule has 0 radical (unpaired) electrons. The van der Waals surface area contributed by atoms with Gasteiger partial charge in [-0.25, -0.2) is 15.0 Å². The van der Waals surface area contributed by atoms with Gasteiger partial charge < -0.3 is 9.88 Å². The SMILES string of the molecule is Cc1ncnc(N2CCC(c3nc[nH]c3C)CC2)c1-c1ccccc1. The quantitative estimate of drug-likeness (QED) is 0.790. The van der Waals surface area contributed by atoms with Gasteiger partial charge in [0.1, 0.15) is 12.1 Å². The van der Waals surface area contributed by atoms with Gasteiger partial charge in [0.25, 0.3) is 0 Å². The van der Waals surface area contributed by atoms with E-state index in [0.29, 0.717) is 5.92 Å². The highest BCUT2D eigenvalue weighted by molar-refractivity contribution is 5.77. The molecule has 1 N–H and O–H groups in total. The molecule has 1 aliphatic heterocycles. The van der Waals surface area contributed by atoms with E-state index in [1.54, 1.807) is 12.7 Å². The standard InChI is InChI=1S/C20H23N5/c1-14-18(16-6-4-3-5-7-16)20(24-13-21-14)25-10-8-17(9-11-25)19-15(2)22-12-23-19/h3-7,12-13,17H,8-11H2,1-2H3,(H,22,23). The van der Waals surface area contributed by atoms with Crippen LogP contribution in [0.3, 0.4) is 0 Å². The molecule has 3 aromatic rings. The number of anilines is 1. The minimum atomic E-state index is 0.533. The van der Waals surface area contributed by atoms with Crippen LogP contribution >= 0.6 is 0 Å². The molecule has 1 saturated heterocycles. The van der Waals surface area contributed by atoms with E-state index in [-0.39, 0.29) is 0 Å². The number of nitrogens with one attached hydrogen (secondary N) is 1. The lowest BCUT2D eigenvalue weighted by atomic mass is 9.92. The Morgan fingerprint density at radius 2 is 1.76 bits per heavy atom. The third kappa shape index (κ3) is 3.02. The first-order valence-corrected chi connectivity index (χ1v) is 8.86. The summed E-state index contributed by atoms with van der Waals surface area (Å²) in [6, 6.07) is 10.4. The van der Waals surface area contributed by atoms with Crippen LogP contribution in [0.5, 0.6) is 0 Å². The van der Waals surface area contributed by atoms with Crippen LogP contribution in [0.15, 0.2) is 43.0 Å². The number of hydrogen-bond acceptors (Lipinski definition) is 4. The minimum Gasteiger partial charge on any atom is -0.356 e. The average molecular weight is 333 g/mol. The van der Waals surface area contributed by atoms with Gasteiger partial charge >= 0.3 is 0 Å². The Kier molecular flexibility index (Phi) is 4.22. The number of nitrogens with zero attached hydrogens (tertiary/aromatic N) is 4. The van der Waals surface area contributed by atoms with Crippen LogP contribution in [0.2, 0.25) is 0 Å².